The fourth-order valence-electron chi connectivity index (χ4n) is 4.47. The Balaban J connectivity index is 1.69. The second-order valence-corrected chi connectivity index (χ2v) is 12.1. The molecule has 1 saturated carbocycles. The van der Waals surface area contributed by atoms with Crippen LogP contribution in [0.15, 0.2) is 35.2 Å². The van der Waals surface area contributed by atoms with E-state index in [4.69, 9.17) is 9.84 Å². The van der Waals surface area contributed by atoms with Gasteiger partial charge in [-0.1, -0.05) is 6.07 Å². The number of benzene rings is 1. The molecule has 2 fully saturated rings. The van der Waals surface area contributed by atoms with E-state index in [0.29, 0.717) is 18.9 Å². The summed E-state index contributed by atoms with van der Waals surface area (Å²) in [6.45, 7) is 0.893. The fourth-order valence-corrected chi connectivity index (χ4v) is 6.30. The minimum Gasteiger partial charge on any atom is -0.465 e. The zero-order valence-corrected chi connectivity index (χ0v) is 20.2. The summed E-state index contributed by atoms with van der Waals surface area (Å²) in [6, 6.07) is 4.02. The largest absolute Gasteiger partial charge is 0.465 e. The molecule has 1 aliphatic heterocycles. The standard InChI is InChI=1S/C22H23F6N3O5S/c1-19(37(34,35)14-4-2-3-13(9-14)21(23,24)25)7-8-36-16(11-19)15-10-17(22(26,27)28)30-31(15)12-20(5-6-20)29-18(32)33/h2-4,9-10,16,29H,5-8,11-12H2,1H3,(H,32,33). The zero-order chi connectivity index (χ0) is 27.4. The van der Waals surface area contributed by atoms with Crippen molar-refractivity contribution in [2.75, 3.05) is 6.61 Å². The molecule has 1 amide bonds. The lowest BCUT2D eigenvalue weighted by molar-refractivity contribution is -0.141. The van der Waals surface area contributed by atoms with Gasteiger partial charge in [-0.25, -0.2) is 13.2 Å². The number of aromatic nitrogens is 2. The van der Waals surface area contributed by atoms with Gasteiger partial charge < -0.3 is 15.2 Å². The minimum atomic E-state index is -4.83. The number of sulfone groups is 1. The van der Waals surface area contributed by atoms with Gasteiger partial charge in [0.25, 0.3) is 0 Å². The van der Waals surface area contributed by atoms with E-state index < -0.39 is 60.8 Å². The van der Waals surface area contributed by atoms with Crippen LogP contribution in [0.3, 0.4) is 0 Å². The predicted molar refractivity (Wildman–Crippen MR) is 115 cm³/mol. The van der Waals surface area contributed by atoms with Crippen LogP contribution >= 0.6 is 0 Å². The van der Waals surface area contributed by atoms with Gasteiger partial charge in [0.2, 0.25) is 0 Å². The maximum atomic E-state index is 13.5. The zero-order valence-electron chi connectivity index (χ0n) is 19.4. The van der Waals surface area contributed by atoms with Gasteiger partial charge in [-0.15, -0.1) is 0 Å². The van der Waals surface area contributed by atoms with Gasteiger partial charge in [0.05, 0.1) is 33.0 Å². The number of nitrogens with zero attached hydrogens (tertiary/aromatic N) is 2. The first kappa shape index (κ1) is 27.2. The highest BCUT2D eigenvalue weighted by Crippen LogP contribution is 2.45. The van der Waals surface area contributed by atoms with Crippen molar-refractivity contribution in [3.05, 3.63) is 47.3 Å². The van der Waals surface area contributed by atoms with Crippen molar-refractivity contribution in [3.8, 4) is 0 Å². The second kappa shape index (κ2) is 8.89. The highest BCUT2D eigenvalue weighted by Gasteiger charge is 2.49. The van der Waals surface area contributed by atoms with Crippen LogP contribution in [0.5, 0.6) is 0 Å². The lowest BCUT2D eigenvalue weighted by atomic mass is 9.94. The summed E-state index contributed by atoms with van der Waals surface area (Å²) in [5.74, 6) is 0. The smallest absolute Gasteiger partial charge is 0.435 e. The molecule has 2 N–H and O–H groups in total. The van der Waals surface area contributed by atoms with Crippen LogP contribution in [-0.2, 0) is 33.5 Å². The van der Waals surface area contributed by atoms with Gasteiger partial charge in [-0.05, 0) is 56.9 Å². The van der Waals surface area contributed by atoms with Crippen LogP contribution in [0, 0.1) is 0 Å². The number of alkyl halides is 6. The fraction of sp³-hybridized carbons (Fsp3) is 0.545. The van der Waals surface area contributed by atoms with Crippen LogP contribution in [0.2, 0.25) is 0 Å². The SMILES string of the molecule is CC1(S(=O)(=O)c2cccc(C(F)(F)F)c2)CCOC(c2cc(C(F)(F)F)nn2CC2(NC(=O)O)CC2)C1. The molecular weight excluding hydrogens is 532 g/mol. The molecule has 2 atom stereocenters. The number of hydrogen-bond donors (Lipinski definition) is 2. The van der Waals surface area contributed by atoms with Crippen molar-refractivity contribution < 1.29 is 49.4 Å². The average Bonchev–Trinajstić information content (AvgIpc) is 3.37. The van der Waals surface area contributed by atoms with E-state index in [1.165, 1.54) is 6.92 Å². The highest BCUT2D eigenvalue weighted by molar-refractivity contribution is 7.92. The Labute approximate surface area is 207 Å². The first-order valence-electron chi connectivity index (χ1n) is 11.2. The van der Waals surface area contributed by atoms with E-state index >= 15 is 0 Å². The molecule has 0 radical (unpaired) electrons. The Hall–Kier alpha value is -2.81. The summed E-state index contributed by atoms with van der Waals surface area (Å²) in [4.78, 5) is 10.6. The predicted octanol–water partition coefficient (Wildman–Crippen LogP) is 4.81. The number of carbonyl (C=O) groups is 1. The van der Waals surface area contributed by atoms with Crippen molar-refractivity contribution in [3.63, 3.8) is 0 Å². The van der Waals surface area contributed by atoms with Crippen LogP contribution in [0.25, 0.3) is 0 Å². The topological polar surface area (TPSA) is 111 Å². The third-order valence-corrected chi connectivity index (χ3v) is 9.34. The number of nitrogens with one attached hydrogen (secondary N) is 1. The Morgan fingerprint density at radius 2 is 1.84 bits per heavy atom. The van der Waals surface area contributed by atoms with Crippen LogP contribution in [0.1, 0.15) is 55.7 Å². The molecule has 2 heterocycles. The molecule has 2 unspecified atom stereocenters. The van der Waals surface area contributed by atoms with E-state index in [9.17, 15) is 39.6 Å². The third kappa shape index (κ3) is 5.42. The molecule has 15 heteroatoms. The summed E-state index contributed by atoms with van der Waals surface area (Å²) in [7, 11) is -4.38. The lowest BCUT2D eigenvalue weighted by Crippen LogP contribution is -2.43. The monoisotopic (exact) mass is 555 g/mol. The van der Waals surface area contributed by atoms with E-state index in [1.54, 1.807) is 0 Å². The molecule has 1 aliphatic carbocycles. The van der Waals surface area contributed by atoms with E-state index in [-0.39, 0.29) is 31.7 Å². The van der Waals surface area contributed by atoms with Crippen molar-refractivity contribution >= 4 is 15.9 Å². The highest BCUT2D eigenvalue weighted by atomic mass is 32.2. The Morgan fingerprint density at radius 3 is 2.41 bits per heavy atom. The van der Waals surface area contributed by atoms with Crippen LogP contribution in [0.4, 0.5) is 31.1 Å². The normalized spacial score (nSPS) is 24.0. The summed E-state index contributed by atoms with van der Waals surface area (Å²) in [6.07, 6.45) is -11.9. The van der Waals surface area contributed by atoms with Gasteiger partial charge in [0.1, 0.15) is 6.10 Å². The molecule has 1 saturated heterocycles. The molecule has 0 bridgehead atoms. The second-order valence-electron chi connectivity index (χ2n) is 9.61. The average molecular weight is 555 g/mol. The number of halogens is 6. The van der Waals surface area contributed by atoms with Gasteiger partial charge in [0, 0.05) is 6.61 Å². The molecule has 4 rings (SSSR count). The number of ether oxygens (including phenoxy) is 1. The summed E-state index contributed by atoms with van der Waals surface area (Å²) < 4.78 is 112. The van der Waals surface area contributed by atoms with Crippen LogP contribution in [-0.4, -0.2) is 46.3 Å². The van der Waals surface area contributed by atoms with E-state index in [2.05, 4.69) is 10.4 Å². The van der Waals surface area contributed by atoms with Gasteiger partial charge >= 0.3 is 18.4 Å². The molecule has 204 valence electrons. The Kier molecular flexibility index (Phi) is 6.54. The summed E-state index contributed by atoms with van der Waals surface area (Å²) in [5, 5.41) is 15.0. The number of hydrogen-bond acceptors (Lipinski definition) is 5. The number of carboxylic acid groups (broad SMARTS) is 1. The molecule has 37 heavy (non-hydrogen) atoms. The van der Waals surface area contributed by atoms with E-state index in [1.807, 2.05) is 0 Å². The number of rotatable bonds is 6. The van der Waals surface area contributed by atoms with Gasteiger partial charge in [-0.3, -0.25) is 4.68 Å². The van der Waals surface area contributed by atoms with Crippen molar-refractivity contribution in [1.82, 2.24) is 15.1 Å². The van der Waals surface area contributed by atoms with Crippen LogP contribution < -0.4 is 5.32 Å². The lowest BCUT2D eigenvalue weighted by Gasteiger charge is -2.38. The molecule has 2 aliphatic rings. The first-order chi connectivity index (χ1) is 17.0. The van der Waals surface area contributed by atoms with E-state index in [0.717, 1.165) is 28.9 Å². The Morgan fingerprint density at radius 1 is 1.16 bits per heavy atom. The quantitative estimate of drug-likeness (QED) is 0.496. The third-order valence-electron chi connectivity index (χ3n) is 6.80. The maximum absolute atomic E-state index is 13.5. The molecule has 0 spiro atoms. The Bertz CT molecular complexity index is 1300. The molecule has 1 aromatic heterocycles. The molecule has 2 aromatic rings. The minimum absolute atomic E-state index is 0.101. The molecular formula is C22H23F6N3O5S. The number of amides is 1. The summed E-state index contributed by atoms with van der Waals surface area (Å²) in [5.41, 5.74) is -3.52. The first-order valence-corrected chi connectivity index (χ1v) is 12.6. The molecule has 8 nitrogen and oxygen atoms in total. The summed E-state index contributed by atoms with van der Waals surface area (Å²) >= 11 is 0. The molecule has 1 aromatic carbocycles. The van der Waals surface area contributed by atoms with Gasteiger partial charge in [-0.2, -0.15) is 31.4 Å². The maximum Gasteiger partial charge on any atom is 0.435 e. The van der Waals surface area contributed by atoms with Crippen molar-refractivity contribution in [2.24, 2.45) is 0 Å². The van der Waals surface area contributed by atoms with Crippen molar-refractivity contribution in [2.45, 2.75) is 72.8 Å². The van der Waals surface area contributed by atoms with Crippen molar-refractivity contribution in [1.29, 1.82) is 0 Å². The van der Waals surface area contributed by atoms with Gasteiger partial charge in [0.15, 0.2) is 15.5 Å².